The van der Waals surface area contributed by atoms with Crippen molar-refractivity contribution in [2.45, 2.75) is 6.92 Å². The monoisotopic (exact) mass is 437 g/mol. The summed E-state index contributed by atoms with van der Waals surface area (Å²) in [5.41, 5.74) is 10.4. The van der Waals surface area contributed by atoms with Gasteiger partial charge in [-0.1, -0.05) is 18.2 Å². The number of methoxy groups -OCH3 is 1. The molecule has 3 aromatic rings. The highest BCUT2D eigenvalue weighted by Gasteiger charge is 2.24. The molecule has 0 spiro atoms. The number of aromatic nitrogens is 2. The summed E-state index contributed by atoms with van der Waals surface area (Å²) in [5, 5.41) is 11.6. The number of nitrogens with one attached hydrogen (secondary N) is 4. The zero-order valence-electron chi connectivity index (χ0n) is 17.1. The van der Waals surface area contributed by atoms with Crippen LogP contribution < -0.4 is 26.4 Å². The largest absolute Gasteiger partial charge is 0.497 e. The minimum absolute atomic E-state index is 0.270. The summed E-state index contributed by atoms with van der Waals surface area (Å²) in [6.07, 6.45) is 1.04. The van der Waals surface area contributed by atoms with Crippen molar-refractivity contribution in [1.82, 2.24) is 20.8 Å². The van der Waals surface area contributed by atoms with E-state index in [0.29, 0.717) is 16.9 Å². The molecule has 0 atom stereocenters. The van der Waals surface area contributed by atoms with E-state index in [0.717, 1.165) is 11.9 Å². The van der Waals surface area contributed by atoms with Crippen LogP contribution in [0.1, 0.15) is 26.3 Å². The van der Waals surface area contributed by atoms with Gasteiger partial charge < -0.3 is 4.74 Å². The zero-order chi connectivity index (χ0) is 23.1. The molecule has 0 saturated carbocycles. The van der Waals surface area contributed by atoms with E-state index in [2.05, 4.69) is 31.7 Å². The number of carbonyl (C=O) groups is 2. The molecular weight excluding hydrogens is 418 g/mol. The Kier molecular flexibility index (Phi) is 6.75. The number of hydrogen-bond donors (Lipinski definition) is 4. The van der Waals surface area contributed by atoms with Crippen LogP contribution in [-0.2, 0) is 0 Å². The molecule has 0 bridgehead atoms. The van der Waals surface area contributed by atoms with Crippen molar-refractivity contribution in [3.63, 3.8) is 0 Å². The topological polar surface area (TPSA) is 160 Å². The van der Waals surface area contributed by atoms with Crippen molar-refractivity contribution in [2.75, 3.05) is 18.0 Å². The molecule has 3 rings (SSSR count). The number of nitrogens with zero attached hydrogens (tertiary/aromatic N) is 3. The Balaban J connectivity index is 1.72. The highest BCUT2D eigenvalue weighted by Crippen LogP contribution is 2.27. The first kappa shape index (κ1) is 22.0. The summed E-state index contributed by atoms with van der Waals surface area (Å²) in [6, 6.07) is 13.1. The molecule has 12 nitrogen and oxygen atoms in total. The van der Waals surface area contributed by atoms with E-state index in [1.165, 1.54) is 19.2 Å². The first-order valence-electron chi connectivity index (χ1n) is 9.22. The maximum Gasteiger partial charge on any atom is 0.356 e. The molecule has 0 radical (unpaired) electrons. The number of carbonyl (C=O) groups excluding carboxylic acids is 2. The van der Waals surface area contributed by atoms with E-state index < -0.39 is 22.4 Å². The Morgan fingerprint density at radius 2 is 1.53 bits per heavy atom. The molecule has 0 aliphatic rings. The number of rotatable bonds is 8. The molecule has 0 aliphatic carbocycles. The van der Waals surface area contributed by atoms with Crippen LogP contribution in [0, 0.1) is 17.0 Å². The van der Waals surface area contributed by atoms with Crippen LogP contribution in [0.15, 0.2) is 54.9 Å². The van der Waals surface area contributed by atoms with E-state index >= 15 is 0 Å². The second kappa shape index (κ2) is 9.84. The summed E-state index contributed by atoms with van der Waals surface area (Å²) in [6.45, 7) is 1.76. The van der Waals surface area contributed by atoms with Gasteiger partial charge in [0.25, 0.3) is 11.8 Å². The molecule has 4 N–H and O–H groups in total. The zero-order valence-corrected chi connectivity index (χ0v) is 17.1. The van der Waals surface area contributed by atoms with E-state index in [9.17, 15) is 19.7 Å². The first-order chi connectivity index (χ1) is 15.4. The van der Waals surface area contributed by atoms with E-state index in [4.69, 9.17) is 4.74 Å². The van der Waals surface area contributed by atoms with Gasteiger partial charge in [-0.3, -0.25) is 41.4 Å². The Morgan fingerprint density at radius 1 is 0.938 bits per heavy atom. The molecule has 1 aromatic heterocycles. The van der Waals surface area contributed by atoms with Gasteiger partial charge in [-0.2, -0.15) is 0 Å². The lowest BCUT2D eigenvalue weighted by molar-refractivity contribution is -0.383. The average molecular weight is 437 g/mol. The third kappa shape index (κ3) is 5.05. The van der Waals surface area contributed by atoms with E-state index in [1.54, 1.807) is 43.3 Å². The summed E-state index contributed by atoms with van der Waals surface area (Å²) in [5.74, 6) is -1.03. The van der Waals surface area contributed by atoms with Crippen molar-refractivity contribution in [1.29, 1.82) is 0 Å². The molecule has 1 heterocycles. The highest BCUT2D eigenvalue weighted by molar-refractivity contribution is 5.96. The van der Waals surface area contributed by atoms with Gasteiger partial charge >= 0.3 is 5.69 Å². The Morgan fingerprint density at radius 3 is 2.09 bits per heavy atom. The smallest absolute Gasteiger partial charge is 0.356 e. The van der Waals surface area contributed by atoms with Crippen LogP contribution in [0.4, 0.5) is 17.3 Å². The molecule has 2 amide bonds. The van der Waals surface area contributed by atoms with Crippen LogP contribution in [0.5, 0.6) is 5.75 Å². The van der Waals surface area contributed by atoms with Crippen molar-refractivity contribution in [3.8, 4) is 5.75 Å². The number of hydrogen-bond acceptors (Lipinski definition) is 9. The van der Waals surface area contributed by atoms with Gasteiger partial charge in [-0.05, 0) is 42.8 Å². The second-order valence-electron chi connectivity index (χ2n) is 6.38. The van der Waals surface area contributed by atoms with Gasteiger partial charge in [-0.15, -0.1) is 0 Å². The van der Waals surface area contributed by atoms with Gasteiger partial charge in [0.2, 0.25) is 11.6 Å². The van der Waals surface area contributed by atoms with Crippen molar-refractivity contribution in [2.24, 2.45) is 0 Å². The summed E-state index contributed by atoms with van der Waals surface area (Å²) in [7, 11) is 1.50. The van der Waals surface area contributed by atoms with Crippen LogP contribution in [-0.4, -0.2) is 33.8 Å². The molecule has 12 heteroatoms. The van der Waals surface area contributed by atoms with Gasteiger partial charge in [-0.25, -0.2) is 9.97 Å². The molecule has 0 unspecified atom stereocenters. The third-order valence-electron chi connectivity index (χ3n) is 4.34. The van der Waals surface area contributed by atoms with Crippen molar-refractivity contribution in [3.05, 3.63) is 81.7 Å². The number of nitro groups is 1. The van der Waals surface area contributed by atoms with Crippen LogP contribution in [0.3, 0.4) is 0 Å². The molecule has 0 saturated heterocycles. The predicted octanol–water partition coefficient (Wildman–Crippen LogP) is 2.22. The SMILES string of the molecule is COc1ccc(C(=O)NNc2ncnc(NNC(=O)c3ccccc3C)c2[N+](=O)[O-])cc1. The molecule has 0 aliphatic heterocycles. The minimum atomic E-state index is -0.746. The lowest BCUT2D eigenvalue weighted by Gasteiger charge is -2.12. The number of amides is 2. The van der Waals surface area contributed by atoms with Gasteiger partial charge in [0.05, 0.1) is 12.0 Å². The molecule has 0 fully saturated rings. The fraction of sp³-hybridized carbons (Fsp3) is 0.100. The number of aryl methyl sites for hydroxylation is 1. The number of hydrazine groups is 2. The number of ether oxygens (including phenoxy) is 1. The first-order valence-corrected chi connectivity index (χ1v) is 9.22. The van der Waals surface area contributed by atoms with Crippen LogP contribution in [0.2, 0.25) is 0 Å². The second-order valence-corrected chi connectivity index (χ2v) is 6.38. The maximum atomic E-state index is 12.4. The van der Waals surface area contributed by atoms with Crippen molar-refractivity contribution >= 4 is 29.1 Å². The molecule has 164 valence electrons. The lowest BCUT2D eigenvalue weighted by Crippen LogP contribution is -2.32. The molecular formula is C20H19N7O5. The van der Waals surface area contributed by atoms with Crippen LogP contribution in [0.25, 0.3) is 0 Å². The lowest BCUT2D eigenvalue weighted by atomic mass is 10.1. The summed E-state index contributed by atoms with van der Waals surface area (Å²) in [4.78, 5) is 43.1. The van der Waals surface area contributed by atoms with Crippen molar-refractivity contribution < 1.29 is 19.2 Å². The number of anilines is 2. The Bertz CT molecular complexity index is 1150. The molecule has 32 heavy (non-hydrogen) atoms. The normalized spacial score (nSPS) is 10.1. The Labute approximate surface area is 182 Å². The summed E-state index contributed by atoms with van der Waals surface area (Å²) >= 11 is 0. The van der Waals surface area contributed by atoms with E-state index in [1.807, 2.05) is 0 Å². The Hall–Kier alpha value is -4.74. The average Bonchev–Trinajstić information content (AvgIpc) is 2.81. The highest BCUT2D eigenvalue weighted by atomic mass is 16.6. The van der Waals surface area contributed by atoms with Crippen LogP contribution >= 0.6 is 0 Å². The number of benzene rings is 2. The maximum absolute atomic E-state index is 12.4. The minimum Gasteiger partial charge on any atom is -0.497 e. The fourth-order valence-electron chi connectivity index (χ4n) is 2.68. The summed E-state index contributed by atoms with van der Waals surface area (Å²) < 4.78 is 5.03. The fourth-order valence-corrected chi connectivity index (χ4v) is 2.68. The van der Waals surface area contributed by atoms with E-state index in [-0.39, 0.29) is 11.6 Å². The predicted molar refractivity (Wildman–Crippen MR) is 115 cm³/mol. The third-order valence-corrected chi connectivity index (χ3v) is 4.34. The standard InChI is InChI=1S/C20H19N7O5/c1-12-5-3-4-6-15(12)20(29)26-24-18-16(27(30)31)17(21-11-22-18)23-25-19(28)13-7-9-14(32-2)10-8-13/h3-11H,1-2H3,(H,25,28)(H,26,29)(H2,21,22,23,24). The van der Waals surface area contributed by atoms with Gasteiger partial charge in [0.15, 0.2) is 0 Å². The van der Waals surface area contributed by atoms with Gasteiger partial charge in [0.1, 0.15) is 12.1 Å². The molecule has 2 aromatic carbocycles. The quantitative estimate of drug-likeness (QED) is 0.306. The van der Waals surface area contributed by atoms with Gasteiger partial charge in [0, 0.05) is 11.1 Å².